The van der Waals surface area contributed by atoms with Gasteiger partial charge in [-0.3, -0.25) is 9.69 Å². The van der Waals surface area contributed by atoms with Gasteiger partial charge >= 0.3 is 5.97 Å². The van der Waals surface area contributed by atoms with Crippen LogP contribution in [0.2, 0.25) is 0 Å². The Labute approximate surface area is 189 Å². The number of ether oxygens (including phenoxy) is 1. The highest BCUT2D eigenvalue weighted by Gasteiger charge is 2.25. The first kappa shape index (κ1) is 21.9. The quantitative estimate of drug-likeness (QED) is 0.562. The predicted octanol–water partition coefficient (Wildman–Crippen LogP) is 1.89. The number of rotatable bonds is 6. The number of benzene rings is 1. The normalized spacial score (nSPS) is 14.4. The van der Waals surface area contributed by atoms with E-state index in [0.29, 0.717) is 42.7 Å². The molecule has 168 valence electrons. The van der Waals surface area contributed by atoms with Crippen LogP contribution in [0.5, 0.6) is 0 Å². The number of amides is 1. The molecule has 3 heterocycles. The second kappa shape index (κ2) is 9.45. The van der Waals surface area contributed by atoms with Crippen LogP contribution in [0.25, 0.3) is 5.69 Å². The van der Waals surface area contributed by atoms with Gasteiger partial charge in [-0.25, -0.2) is 4.79 Å². The molecule has 4 rings (SSSR count). The van der Waals surface area contributed by atoms with E-state index in [1.807, 2.05) is 44.2 Å². The van der Waals surface area contributed by atoms with Crippen molar-refractivity contribution in [3.8, 4) is 5.69 Å². The predicted molar refractivity (Wildman–Crippen MR) is 122 cm³/mol. The summed E-state index contributed by atoms with van der Waals surface area (Å²) in [6.07, 6.45) is 0. The van der Waals surface area contributed by atoms with E-state index in [-0.39, 0.29) is 12.5 Å². The van der Waals surface area contributed by atoms with Crippen molar-refractivity contribution >= 4 is 34.2 Å². The summed E-state index contributed by atoms with van der Waals surface area (Å²) in [5, 5.41) is 15.6. The van der Waals surface area contributed by atoms with Crippen molar-refractivity contribution < 1.29 is 14.3 Å². The number of thiophene rings is 1. The summed E-state index contributed by atoms with van der Waals surface area (Å²) in [6.45, 7) is 6.81. The largest absolute Gasteiger partial charge is 0.465 e. The van der Waals surface area contributed by atoms with Crippen LogP contribution < -0.4 is 10.2 Å². The number of carbonyl (C=O) groups excluding carboxylic acids is 2. The van der Waals surface area contributed by atoms with Crippen LogP contribution in [0.3, 0.4) is 0 Å². The highest BCUT2D eigenvalue weighted by Crippen LogP contribution is 2.33. The minimum Gasteiger partial charge on any atom is -0.465 e. The van der Waals surface area contributed by atoms with Crippen molar-refractivity contribution in [2.75, 3.05) is 50.1 Å². The molecular formula is C21H25N7O3S. The molecule has 0 bridgehead atoms. The van der Waals surface area contributed by atoms with E-state index in [0.717, 1.165) is 16.1 Å². The third-order valence-electron chi connectivity index (χ3n) is 5.50. The van der Waals surface area contributed by atoms with Gasteiger partial charge in [0.15, 0.2) is 0 Å². The lowest BCUT2D eigenvalue weighted by molar-refractivity contribution is -0.117. The van der Waals surface area contributed by atoms with E-state index >= 15 is 0 Å². The van der Waals surface area contributed by atoms with Gasteiger partial charge in [0, 0.05) is 31.1 Å². The first-order valence-electron chi connectivity index (χ1n) is 10.3. The number of esters is 1. The smallest absolute Gasteiger partial charge is 0.341 e. The molecule has 0 unspecified atom stereocenters. The number of para-hydroxylation sites is 1. The zero-order chi connectivity index (χ0) is 22.7. The topological polar surface area (TPSA) is 105 Å². The molecule has 0 spiro atoms. The van der Waals surface area contributed by atoms with E-state index in [2.05, 4.69) is 30.6 Å². The van der Waals surface area contributed by atoms with Gasteiger partial charge in [0.1, 0.15) is 5.00 Å². The lowest BCUT2D eigenvalue weighted by atomic mass is 10.1. The fourth-order valence-corrected chi connectivity index (χ4v) is 4.72. The van der Waals surface area contributed by atoms with Crippen molar-refractivity contribution in [1.29, 1.82) is 0 Å². The number of nitrogens with zero attached hydrogens (tertiary/aromatic N) is 6. The van der Waals surface area contributed by atoms with Crippen LogP contribution in [-0.4, -0.2) is 76.8 Å². The zero-order valence-corrected chi connectivity index (χ0v) is 19.1. The number of methoxy groups -OCH3 is 1. The molecule has 11 heteroatoms. The lowest BCUT2D eigenvalue weighted by Crippen LogP contribution is -2.49. The number of aromatic nitrogens is 4. The summed E-state index contributed by atoms with van der Waals surface area (Å²) < 4.78 is 6.59. The Morgan fingerprint density at radius 3 is 2.53 bits per heavy atom. The maximum absolute atomic E-state index is 12.7. The van der Waals surface area contributed by atoms with Crippen LogP contribution in [0.4, 0.5) is 10.9 Å². The first-order chi connectivity index (χ1) is 15.5. The molecule has 0 radical (unpaired) electrons. The number of anilines is 2. The molecule has 1 aliphatic rings. The molecule has 0 aliphatic carbocycles. The molecule has 10 nitrogen and oxygen atoms in total. The summed E-state index contributed by atoms with van der Waals surface area (Å²) in [5.41, 5.74) is 2.17. The van der Waals surface area contributed by atoms with E-state index in [9.17, 15) is 9.59 Å². The molecule has 0 atom stereocenters. The van der Waals surface area contributed by atoms with Crippen molar-refractivity contribution in [3.63, 3.8) is 0 Å². The average molecular weight is 456 g/mol. The van der Waals surface area contributed by atoms with E-state index < -0.39 is 5.97 Å². The van der Waals surface area contributed by atoms with Gasteiger partial charge in [-0.15, -0.1) is 11.3 Å². The number of carbonyl (C=O) groups is 2. The van der Waals surface area contributed by atoms with Crippen molar-refractivity contribution in [2.24, 2.45) is 0 Å². The highest BCUT2D eigenvalue weighted by molar-refractivity contribution is 7.16. The van der Waals surface area contributed by atoms with Crippen LogP contribution >= 0.6 is 11.3 Å². The van der Waals surface area contributed by atoms with E-state index in [1.165, 1.54) is 18.4 Å². The van der Waals surface area contributed by atoms with Gasteiger partial charge in [-0.05, 0) is 42.0 Å². The second-order valence-corrected chi connectivity index (χ2v) is 8.74. The summed E-state index contributed by atoms with van der Waals surface area (Å²) >= 11 is 1.39. The van der Waals surface area contributed by atoms with Crippen molar-refractivity contribution in [1.82, 2.24) is 25.1 Å². The molecule has 1 fully saturated rings. The van der Waals surface area contributed by atoms with Gasteiger partial charge in [-0.1, -0.05) is 23.3 Å². The van der Waals surface area contributed by atoms with Crippen LogP contribution in [0, 0.1) is 13.8 Å². The van der Waals surface area contributed by atoms with Crippen LogP contribution in [0.15, 0.2) is 30.3 Å². The Balaban J connectivity index is 1.36. The van der Waals surface area contributed by atoms with E-state index in [4.69, 9.17) is 4.74 Å². The zero-order valence-electron chi connectivity index (χ0n) is 18.2. The van der Waals surface area contributed by atoms with Gasteiger partial charge < -0.3 is 15.0 Å². The summed E-state index contributed by atoms with van der Waals surface area (Å²) in [6, 6.07) is 9.75. The molecule has 1 aromatic carbocycles. The number of hydrogen-bond acceptors (Lipinski definition) is 9. The fourth-order valence-electron chi connectivity index (χ4n) is 3.65. The van der Waals surface area contributed by atoms with Gasteiger partial charge in [0.2, 0.25) is 11.9 Å². The molecule has 32 heavy (non-hydrogen) atoms. The van der Waals surface area contributed by atoms with Crippen molar-refractivity contribution in [2.45, 2.75) is 13.8 Å². The maximum atomic E-state index is 12.7. The van der Waals surface area contributed by atoms with Gasteiger partial charge in [0.25, 0.3) is 0 Å². The molecule has 1 N–H and O–H groups in total. The van der Waals surface area contributed by atoms with Gasteiger partial charge in [-0.2, -0.15) is 4.68 Å². The Kier molecular flexibility index (Phi) is 6.47. The molecule has 1 saturated heterocycles. The molecule has 2 aromatic heterocycles. The number of piperazine rings is 1. The SMILES string of the molecule is COC(=O)c1c(NC(=O)CN2CCN(c3nnnn3-c3ccccc3)CC2)sc(C)c1C. The van der Waals surface area contributed by atoms with E-state index in [1.54, 1.807) is 4.68 Å². The van der Waals surface area contributed by atoms with Gasteiger partial charge in [0.05, 0.1) is 24.9 Å². The van der Waals surface area contributed by atoms with Crippen LogP contribution in [-0.2, 0) is 9.53 Å². The van der Waals surface area contributed by atoms with Crippen molar-refractivity contribution in [3.05, 3.63) is 46.3 Å². The first-order valence-corrected chi connectivity index (χ1v) is 11.1. The Morgan fingerprint density at radius 1 is 1.12 bits per heavy atom. The third-order valence-corrected chi connectivity index (χ3v) is 6.63. The maximum Gasteiger partial charge on any atom is 0.341 e. The minimum absolute atomic E-state index is 0.154. The average Bonchev–Trinajstić information content (AvgIpc) is 3.39. The summed E-state index contributed by atoms with van der Waals surface area (Å²) in [4.78, 5) is 30.0. The number of hydrogen-bond donors (Lipinski definition) is 1. The fraction of sp³-hybridized carbons (Fsp3) is 0.381. The molecule has 1 amide bonds. The Morgan fingerprint density at radius 2 is 1.84 bits per heavy atom. The summed E-state index contributed by atoms with van der Waals surface area (Å²) in [5.74, 6) is 0.0958. The number of tetrazole rings is 1. The van der Waals surface area contributed by atoms with Crippen LogP contribution in [0.1, 0.15) is 20.8 Å². The standard InChI is InChI=1S/C21H25N7O3S/c1-14-15(2)32-19(18(14)20(30)31-3)22-17(29)13-26-9-11-27(12-10-26)21-23-24-25-28(21)16-7-5-4-6-8-16/h4-8H,9-13H2,1-3H3,(H,22,29). The number of aryl methyl sites for hydroxylation is 1. The number of nitrogens with one attached hydrogen (secondary N) is 1. The summed E-state index contributed by atoms with van der Waals surface area (Å²) in [7, 11) is 1.34. The molecule has 0 saturated carbocycles. The Bertz CT molecular complexity index is 1100. The monoisotopic (exact) mass is 455 g/mol. The molecule has 1 aliphatic heterocycles. The highest BCUT2D eigenvalue weighted by atomic mass is 32.1. The second-order valence-electron chi connectivity index (χ2n) is 7.52. The molecular weight excluding hydrogens is 430 g/mol. The lowest BCUT2D eigenvalue weighted by Gasteiger charge is -2.34. The molecule has 3 aromatic rings. The minimum atomic E-state index is -0.438. The third kappa shape index (κ3) is 4.48. The Hall–Kier alpha value is -3.31.